The van der Waals surface area contributed by atoms with Crippen LogP contribution in [0.1, 0.15) is 16.8 Å². The molecule has 0 aliphatic carbocycles. The number of amides is 1. The molecular weight excluding hydrogens is 287 g/mol. The highest BCUT2D eigenvalue weighted by atomic mass is 79.9. The average molecular weight is 301 g/mol. The molecule has 5 heteroatoms. The summed E-state index contributed by atoms with van der Waals surface area (Å²) >= 11 is 3.20. The van der Waals surface area contributed by atoms with Gasteiger partial charge in [-0.05, 0) is 54.1 Å². The highest BCUT2D eigenvalue weighted by Crippen LogP contribution is 2.18. The fraction of sp³-hybridized carbons (Fsp3) is 0.417. The van der Waals surface area contributed by atoms with E-state index in [1.54, 1.807) is 0 Å². The summed E-state index contributed by atoms with van der Waals surface area (Å²) in [7, 11) is 2.03. The summed E-state index contributed by atoms with van der Waals surface area (Å²) in [6.07, 6.45) is 0.959. The van der Waals surface area contributed by atoms with E-state index in [0.29, 0.717) is 10.0 Å². The largest absolute Gasteiger partial charge is 0.348 e. The number of benzene rings is 1. The SMILES string of the molecule is CN1CCC(NC(=O)c2ccc(F)cc2Br)C1. The predicted molar refractivity (Wildman–Crippen MR) is 67.5 cm³/mol. The molecule has 1 heterocycles. The Morgan fingerprint density at radius 1 is 1.59 bits per heavy atom. The number of rotatable bonds is 2. The van der Waals surface area contributed by atoms with Gasteiger partial charge in [-0.25, -0.2) is 4.39 Å². The van der Waals surface area contributed by atoms with Crippen LogP contribution in [0.4, 0.5) is 4.39 Å². The predicted octanol–water partition coefficient (Wildman–Crippen LogP) is 2.02. The molecule has 1 amide bonds. The number of likely N-dealkylation sites (tertiary alicyclic amines) is 1. The highest BCUT2D eigenvalue weighted by molar-refractivity contribution is 9.10. The number of carbonyl (C=O) groups excluding carboxylic acids is 1. The van der Waals surface area contributed by atoms with E-state index in [4.69, 9.17) is 0 Å². The molecule has 0 radical (unpaired) electrons. The zero-order chi connectivity index (χ0) is 12.4. The summed E-state index contributed by atoms with van der Waals surface area (Å²) in [5.41, 5.74) is 0.473. The van der Waals surface area contributed by atoms with Gasteiger partial charge in [0.05, 0.1) is 5.56 Å². The van der Waals surface area contributed by atoms with Gasteiger partial charge in [-0.1, -0.05) is 0 Å². The first kappa shape index (κ1) is 12.5. The first-order valence-corrected chi connectivity index (χ1v) is 6.30. The molecule has 1 aromatic carbocycles. The molecular formula is C12H14BrFN2O. The van der Waals surface area contributed by atoms with Crippen LogP contribution in [0.15, 0.2) is 22.7 Å². The summed E-state index contributed by atoms with van der Waals surface area (Å²) in [5, 5.41) is 2.95. The summed E-state index contributed by atoms with van der Waals surface area (Å²) in [5.74, 6) is -0.508. The molecule has 1 fully saturated rings. The zero-order valence-electron chi connectivity index (χ0n) is 9.54. The van der Waals surface area contributed by atoms with Gasteiger partial charge < -0.3 is 10.2 Å². The average Bonchev–Trinajstić information content (AvgIpc) is 2.63. The van der Waals surface area contributed by atoms with Crippen LogP contribution in [0.3, 0.4) is 0 Å². The number of hydrogen-bond acceptors (Lipinski definition) is 2. The third-order valence-electron chi connectivity index (χ3n) is 2.90. The minimum Gasteiger partial charge on any atom is -0.348 e. The lowest BCUT2D eigenvalue weighted by atomic mass is 10.2. The molecule has 17 heavy (non-hydrogen) atoms. The maximum absolute atomic E-state index is 12.9. The van der Waals surface area contributed by atoms with Gasteiger partial charge in [-0.3, -0.25) is 4.79 Å². The fourth-order valence-corrected chi connectivity index (χ4v) is 2.52. The molecule has 1 N–H and O–H groups in total. The zero-order valence-corrected chi connectivity index (χ0v) is 11.1. The third kappa shape index (κ3) is 3.04. The van der Waals surface area contributed by atoms with Crippen LogP contribution in [0.5, 0.6) is 0 Å². The van der Waals surface area contributed by atoms with Crippen LogP contribution < -0.4 is 5.32 Å². The molecule has 1 atom stereocenters. The molecule has 0 aromatic heterocycles. The van der Waals surface area contributed by atoms with Gasteiger partial charge >= 0.3 is 0 Å². The van der Waals surface area contributed by atoms with Gasteiger partial charge in [0.1, 0.15) is 5.82 Å². The minimum atomic E-state index is -0.353. The van der Waals surface area contributed by atoms with E-state index in [2.05, 4.69) is 26.1 Å². The summed E-state index contributed by atoms with van der Waals surface area (Å²) in [6, 6.07) is 4.27. The van der Waals surface area contributed by atoms with E-state index < -0.39 is 0 Å². The standard InChI is InChI=1S/C12H14BrFN2O/c1-16-5-4-9(7-16)15-12(17)10-3-2-8(14)6-11(10)13/h2-3,6,9H,4-5,7H2,1H3,(H,15,17). The van der Waals surface area contributed by atoms with Crippen LogP contribution >= 0.6 is 15.9 Å². The van der Waals surface area contributed by atoms with Crippen LogP contribution in [-0.2, 0) is 0 Å². The second-order valence-electron chi connectivity index (χ2n) is 4.35. The number of nitrogens with one attached hydrogen (secondary N) is 1. The monoisotopic (exact) mass is 300 g/mol. The second-order valence-corrected chi connectivity index (χ2v) is 5.20. The lowest BCUT2D eigenvalue weighted by Crippen LogP contribution is -2.36. The van der Waals surface area contributed by atoms with Gasteiger partial charge in [0.2, 0.25) is 0 Å². The Morgan fingerprint density at radius 2 is 2.35 bits per heavy atom. The van der Waals surface area contributed by atoms with Crippen molar-refractivity contribution in [3.05, 3.63) is 34.1 Å². The molecule has 0 saturated carbocycles. The first-order valence-electron chi connectivity index (χ1n) is 5.50. The molecule has 2 rings (SSSR count). The molecule has 1 aromatic rings. The topological polar surface area (TPSA) is 32.3 Å². The van der Waals surface area contributed by atoms with Gasteiger partial charge in [0.25, 0.3) is 5.91 Å². The van der Waals surface area contributed by atoms with E-state index in [0.717, 1.165) is 19.5 Å². The Morgan fingerprint density at radius 3 is 2.94 bits per heavy atom. The number of likely N-dealkylation sites (N-methyl/N-ethyl adjacent to an activating group) is 1. The van der Waals surface area contributed by atoms with Crippen molar-refractivity contribution in [3.63, 3.8) is 0 Å². The second kappa shape index (κ2) is 5.14. The van der Waals surface area contributed by atoms with Gasteiger partial charge in [-0.15, -0.1) is 0 Å². The Labute approximate surface area is 108 Å². The van der Waals surface area contributed by atoms with Crippen LogP contribution in [0.2, 0.25) is 0 Å². The van der Waals surface area contributed by atoms with Crippen molar-refractivity contribution in [3.8, 4) is 0 Å². The van der Waals surface area contributed by atoms with Crippen molar-refractivity contribution in [1.29, 1.82) is 0 Å². The van der Waals surface area contributed by atoms with Gasteiger partial charge in [-0.2, -0.15) is 0 Å². The Balaban J connectivity index is 2.04. The Kier molecular flexibility index (Phi) is 3.79. The molecule has 0 spiro atoms. The maximum atomic E-state index is 12.9. The number of halogens is 2. The van der Waals surface area contributed by atoms with Crippen molar-refractivity contribution < 1.29 is 9.18 Å². The van der Waals surface area contributed by atoms with Crippen LogP contribution in [-0.4, -0.2) is 37.0 Å². The number of hydrogen-bond donors (Lipinski definition) is 1. The van der Waals surface area contributed by atoms with E-state index >= 15 is 0 Å². The molecule has 3 nitrogen and oxygen atoms in total. The third-order valence-corrected chi connectivity index (χ3v) is 3.56. The van der Waals surface area contributed by atoms with Crippen LogP contribution in [0, 0.1) is 5.82 Å². The quantitative estimate of drug-likeness (QED) is 0.906. The molecule has 0 bridgehead atoms. The molecule has 1 unspecified atom stereocenters. The first-order chi connectivity index (χ1) is 8.06. The number of carbonyl (C=O) groups is 1. The fourth-order valence-electron chi connectivity index (χ4n) is 1.99. The molecule has 1 saturated heterocycles. The lowest BCUT2D eigenvalue weighted by molar-refractivity contribution is 0.0937. The van der Waals surface area contributed by atoms with Crippen LogP contribution in [0.25, 0.3) is 0 Å². The van der Waals surface area contributed by atoms with Crippen molar-refractivity contribution in [2.45, 2.75) is 12.5 Å². The van der Waals surface area contributed by atoms with Gasteiger partial charge in [0, 0.05) is 17.1 Å². The minimum absolute atomic E-state index is 0.155. The Hall–Kier alpha value is -0.940. The van der Waals surface area contributed by atoms with Gasteiger partial charge in [0.15, 0.2) is 0 Å². The van der Waals surface area contributed by atoms with Crippen molar-refractivity contribution >= 4 is 21.8 Å². The summed E-state index contributed by atoms with van der Waals surface area (Å²) in [4.78, 5) is 14.1. The van der Waals surface area contributed by atoms with Crippen molar-refractivity contribution in [1.82, 2.24) is 10.2 Å². The normalized spacial score (nSPS) is 20.5. The highest BCUT2D eigenvalue weighted by Gasteiger charge is 2.22. The smallest absolute Gasteiger partial charge is 0.252 e. The summed E-state index contributed by atoms with van der Waals surface area (Å²) < 4.78 is 13.4. The lowest BCUT2D eigenvalue weighted by Gasteiger charge is -2.13. The van der Waals surface area contributed by atoms with E-state index in [1.165, 1.54) is 18.2 Å². The number of nitrogens with zero attached hydrogens (tertiary/aromatic N) is 1. The molecule has 1 aliphatic heterocycles. The van der Waals surface area contributed by atoms with E-state index in [1.807, 2.05) is 7.05 Å². The van der Waals surface area contributed by atoms with Crippen molar-refractivity contribution in [2.75, 3.05) is 20.1 Å². The summed E-state index contributed by atoms with van der Waals surface area (Å²) in [6.45, 7) is 1.86. The van der Waals surface area contributed by atoms with E-state index in [-0.39, 0.29) is 17.8 Å². The van der Waals surface area contributed by atoms with Crippen molar-refractivity contribution in [2.24, 2.45) is 0 Å². The molecule has 92 valence electrons. The Bertz CT molecular complexity index is 439. The molecule has 1 aliphatic rings. The van der Waals surface area contributed by atoms with E-state index in [9.17, 15) is 9.18 Å². The maximum Gasteiger partial charge on any atom is 0.252 e.